The molecule has 128 valence electrons. The van der Waals surface area contributed by atoms with Crippen molar-refractivity contribution in [1.82, 2.24) is 14.9 Å². The molecule has 0 fully saturated rings. The average molecular weight is 416 g/mol. The Kier molecular flexibility index (Phi) is 4.58. The summed E-state index contributed by atoms with van der Waals surface area (Å²) in [6.45, 7) is 4.52. The highest BCUT2D eigenvalue weighted by Gasteiger charge is 2.22. The Bertz CT molecular complexity index is 965. The monoisotopic (exact) mass is 415 g/mol. The van der Waals surface area contributed by atoms with E-state index in [1.807, 2.05) is 17.5 Å². The van der Waals surface area contributed by atoms with Crippen molar-refractivity contribution in [3.05, 3.63) is 72.9 Å². The lowest BCUT2D eigenvalue weighted by Gasteiger charge is -2.28. The van der Waals surface area contributed by atoms with Crippen LogP contribution in [0.2, 0.25) is 0 Å². The van der Waals surface area contributed by atoms with Crippen molar-refractivity contribution in [3.63, 3.8) is 0 Å². The van der Waals surface area contributed by atoms with Gasteiger partial charge in [0.1, 0.15) is 0 Å². The predicted molar refractivity (Wildman–Crippen MR) is 105 cm³/mol. The molecule has 0 aliphatic carbocycles. The van der Waals surface area contributed by atoms with E-state index in [1.54, 1.807) is 11.3 Å². The molecular formula is C19H18BrN3OS. The van der Waals surface area contributed by atoms with Crippen LogP contribution in [-0.2, 0) is 19.5 Å². The number of thiophene rings is 1. The lowest BCUT2D eigenvalue weighted by atomic mass is 10.1. The number of aromatic nitrogens is 2. The zero-order valence-corrected chi connectivity index (χ0v) is 16.3. The number of aromatic amines is 1. The first-order valence-corrected chi connectivity index (χ1v) is 9.91. The van der Waals surface area contributed by atoms with E-state index in [2.05, 4.69) is 50.9 Å². The summed E-state index contributed by atoms with van der Waals surface area (Å²) in [6.07, 6.45) is 0.742. The second-order valence-electron chi connectivity index (χ2n) is 6.37. The molecule has 0 radical (unpaired) electrons. The molecule has 3 aromatic rings. The highest BCUT2D eigenvalue weighted by atomic mass is 79.9. The number of benzene rings is 1. The molecule has 0 spiro atoms. The number of nitrogens with one attached hydrogen (secondary N) is 1. The molecule has 0 bridgehead atoms. The highest BCUT2D eigenvalue weighted by molar-refractivity contribution is 9.10. The van der Waals surface area contributed by atoms with Crippen molar-refractivity contribution in [3.8, 4) is 10.7 Å². The number of hydrogen-bond donors (Lipinski definition) is 1. The van der Waals surface area contributed by atoms with Crippen LogP contribution in [0.3, 0.4) is 0 Å². The van der Waals surface area contributed by atoms with Crippen molar-refractivity contribution in [2.75, 3.05) is 6.54 Å². The third kappa shape index (κ3) is 3.47. The van der Waals surface area contributed by atoms with E-state index in [0.717, 1.165) is 40.1 Å². The third-order valence-corrected chi connectivity index (χ3v) is 6.12. The second-order valence-corrected chi connectivity index (χ2v) is 8.17. The van der Waals surface area contributed by atoms with Gasteiger partial charge in [0, 0.05) is 29.7 Å². The van der Waals surface area contributed by atoms with Crippen LogP contribution in [0.4, 0.5) is 0 Å². The van der Waals surface area contributed by atoms with E-state index in [9.17, 15) is 4.79 Å². The Balaban J connectivity index is 1.61. The van der Waals surface area contributed by atoms with Crippen LogP contribution in [0.1, 0.15) is 22.4 Å². The summed E-state index contributed by atoms with van der Waals surface area (Å²) in [7, 11) is 0. The largest absolute Gasteiger partial charge is 0.306 e. The molecule has 1 N–H and O–H groups in total. The Morgan fingerprint density at radius 1 is 1.36 bits per heavy atom. The van der Waals surface area contributed by atoms with E-state index >= 15 is 0 Å². The van der Waals surface area contributed by atoms with Crippen LogP contribution in [0, 0.1) is 6.92 Å². The van der Waals surface area contributed by atoms with E-state index < -0.39 is 0 Å². The van der Waals surface area contributed by atoms with Crippen LogP contribution >= 0.6 is 27.3 Å². The lowest BCUT2D eigenvalue weighted by Crippen LogP contribution is -2.35. The maximum absolute atomic E-state index is 12.4. The normalized spacial score (nSPS) is 14.5. The zero-order valence-electron chi connectivity index (χ0n) is 13.9. The van der Waals surface area contributed by atoms with E-state index in [-0.39, 0.29) is 5.56 Å². The summed E-state index contributed by atoms with van der Waals surface area (Å²) >= 11 is 5.25. The number of nitrogens with zero attached hydrogens (tertiary/aromatic N) is 2. The second kappa shape index (κ2) is 6.86. The first-order chi connectivity index (χ1) is 12.1. The Labute approximate surface area is 158 Å². The standard InChI is InChI=1S/C19H18BrN3OS/c1-12-4-5-13(15(20)9-12)10-23-7-6-14-16(11-23)21-18(22-19(14)24)17-3-2-8-25-17/h2-5,8-9H,6-7,10-11H2,1H3,(H,21,22,24). The number of aryl methyl sites for hydroxylation is 1. The number of hydrogen-bond acceptors (Lipinski definition) is 4. The number of rotatable bonds is 3. The Morgan fingerprint density at radius 2 is 2.24 bits per heavy atom. The predicted octanol–water partition coefficient (Wildman–Crippen LogP) is 4.13. The van der Waals surface area contributed by atoms with Crippen molar-refractivity contribution < 1.29 is 0 Å². The van der Waals surface area contributed by atoms with Gasteiger partial charge in [-0.1, -0.05) is 34.1 Å². The average Bonchev–Trinajstić information content (AvgIpc) is 3.12. The SMILES string of the molecule is Cc1ccc(CN2CCc3c(nc(-c4cccs4)[nH]c3=O)C2)c(Br)c1. The summed E-state index contributed by atoms with van der Waals surface area (Å²) in [5.41, 5.74) is 4.25. The van der Waals surface area contributed by atoms with Crippen molar-refractivity contribution in [2.45, 2.75) is 26.4 Å². The molecule has 25 heavy (non-hydrogen) atoms. The van der Waals surface area contributed by atoms with Gasteiger partial charge in [0.2, 0.25) is 0 Å². The quantitative estimate of drug-likeness (QED) is 0.699. The fourth-order valence-electron chi connectivity index (χ4n) is 3.18. The third-order valence-electron chi connectivity index (χ3n) is 4.51. The number of halogens is 1. The van der Waals surface area contributed by atoms with Crippen molar-refractivity contribution >= 4 is 27.3 Å². The summed E-state index contributed by atoms with van der Waals surface area (Å²) in [6, 6.07) is 10.4. The van der Waals surface area contributed by atoms with Gasteiger partial charge >= 0.3 is 0 Å². The molecule has 0 saturated carbocycles. The summed E-state index contributed by atoms with van der Waals surface area (Å²) in [5.74, 6) is 0.678. The molecule has 0 amide bonds. The van der Waals surface area contributed by atoms with Gasteiger partial charge < -0.3 is 4.98 Å². The fourth-order valence-corrected chi connectivity index (χ4v) is 4.47. The topological polar surface area (TPSA) is 49.0 Å². The van der Waals surface area contributed by atoms with Gasteiger partial charge in [-0.15, -0.1) is 11.3 Å². The first-order valence-electron chi connectivity index (χ1n) is 8.23. The molecule has 3 heterocycles. The lowest BCUT2D eigenvalue weighted by molar-refractivity contribution is 0.240. The molecule has 0 atom stereocenters. The molecule has 4 nitrogen and oxygen atoms in total. The Hall–Kier alpha value is -1.76. The van der Waals surface area contributed by atoms with Gasteiger partial charge in [-0.3, -0.25) is 9.69 Å². The maximum Gasteiger partial charge on any atom is 0.254 e. The molecular weight excluding hydrogens is 398 g/mol. The van der Waals surface area contributed by atoms with Gasteiger partial charge in [-0.25, -0.2) is 4.98 Å². The number of H-pyrrole nitrogens is 1. The molecule has 6 heteroatoms. The van der Waals surface area contributed by atoms with Gasteiger partial charge in [-0.05, 0) is 42.0 Å². The van der Waals surface area contributed by atoms with Gasteiger partial charge in [-0.2, -0.15) is 0 Å². The van der Waals surface area contributed by atoms with E-state index in [1.165, 1.54) is 11.1 Å². The zero-order chi connectivity index (χ0) is 17.4. The Morgan fingerprint density at radius 3 is 3.00 bits per heavy atom. The summed E-state index contributed by atoms with van der Waals surface area (Å²) < 4.78 is 1.14. The molecule has 1 aliphatic heterocycles. The van der Waals surface area contributed by atoms with Crippen LogP contribution in [-0.4, -0.2) is 21.4 Å². The molecule has 0 saturated heterocycles. The van der Waals surface area contributed by atoms with Gasteiger partial charge in [0.25, 0.3) is 5.56 Å². The summed E-state index contributed by atoms with van der Waals surface area (Å²) in [4.78, 5) is 23.4. The first kappa shape index (κ1) is 16.7. The fraction of sp³-hybridized carbons (Fsp3) is 0.263. The van der Waals surface area contributed by atoms with Gasteiger partial charge in [0.15, 0.2) is 5.82 Å². The molecule has 4 rings (SSSR count). The molecule has 0 unspecified atom stereocenters. The van der Waals surface area contributed by atoms with Gasteiger partial charge in [0.05, 0.1) is 10.6 Å². The van der Waals surface area contributed by atoms with Crippen molar-refractivity contribution in [2.24, 2.45) is 0 Å². The maximum atomic E-state index is 12.4. The van der Waals surface area contributed by atoms with E-state index in [4.69, 9.17) is 4.98 Å². The molecule has 1 aromatic carbocycles. The number of fused-ring (bicyclic) bond motifs is 1. The van der Waals surface area contributed by atoms with Crippen molar-refractivity contribution in [1.29, 1.82) is 0 Å². The molecule has 2 aromatic heterocycles. The smallest absolute Gasteiger partial charge is 0.254 e. The molecule has 1 aliphatic rings. The highest BCUT2D eigenvalue weighted by Crippen LogP contribution is 2.25. The summed E-state index contributed by atoms with van der Waals surface area (Å²) in [5, 5.41) is 2.00. The van der Waals surface area contributed by atoms with E-state index in [0.29, 0.717) is 12.4 Å². The van der Waals surface area contributed by atoms with Crippen LogP contribution < -0.4 is 5.56 Å². The van der Waals surface area contributed by atoms with Crippen LogP contribution in [0.15, 0.2) is 45.0 Å². The van der Waals surface area contributed by atoms with Crippen LogP contribution in [0.25, 0.3) is 10.7 Å². The minimum atomic E-state index is 0.00423. The minimum Gasteiger partial charge on any atom is -0.306 e. The van der Waals surface area contributed by atoms with Crippen LogP contribution in [0.5, 0.6) is 0 Å². The minimum absolute atomic E-state index is 0.00423.